The summed E-state index contributed by atoms with van der Waals surface area (Å²) in [6.45, 7) is -0.301. The van der Waals surface area contributed by atoms with E-state index in [0.29, 0.717) is 20.5 Å². The van der Waals surface area contributed by atoms with E-state index in [0.717, 1.165) is 10.9 Å². The number of hydrogen-bond donors (Lipinski definition) is 1. The fourth-order valence-electron chi connectivity index (χ4n) is 2.29. The SMILES string of the molecule is O=C(CSc1cc(Cl)ccc1Cl)OCC(=O)c1c[nH]c2ccccc12. The first-order chi connectivity index (χ1) is 12.0. The molecule has 1 aromatic heterocycles. The first-order valence-corrected chi connectivity index (χ1v) is 9.11. The van der Waals surface area contributed by atoms with Gasteiger partial charge in [0.2, 0.25) is 5.78 Å². The maximum Gasteiger partial charge on any atom is 0.316 e. The van der Waals surface area contributed by atoms with E-state index in [2.05, 4.69) is 4.98 Å². The van der Waals surface area contributed by atoms with Crippen molar-refractivity contribution >= 4 is 57.6 Å². The van der Waals surface area contributed by atoms with Crippen molar-refractivity contribution in [1.82, 2.24) is 4.98 Å². The summed E-state index contributed by atoms with van der Waals surface area (Å²) < 4.78 is 5.07. The van der Waals surface area contributed by atoms with Gasteiger partial charge in [0.1, 0.15) is 0 Å². The number of halogens is 2. The van der Waals surface area contributed by atoms with Crippen molar-refractivity contribution in [2.45, 2.75) is 4.90 Å². The molecule has 7 heteroatoms. The molecule has 128 valence electrons. The molecule has 4 nitrogen and oxygen atoms in total. The van der Waals surface area contributed by atoms with Crippen LogP contribution in [-0.2, 0) is 9.53 Å². The third kappa shape index (κ3) is 4.37. The van der Waals surface area contributed by atoms with Crippen LogP contribution in [0.3, 0.4) is 0 Å². The summed E-state index contributed by atoms with van der Waals surface area (Å²) in [6, 6.07) is 12.5. The van der Waals surface area contributed by atoms with E-state index >= 15 is 0 Å². The molecule has 0 aliphatic rings. The number of ketones is 1. The Balaban J connectivity index is 1.55. The average molecular weight is 394 g/mol. The van der Waals surface area contributed by atoms with Gasteiger partial charge in [0.05, 0.1) is 10.8 Å². The monoisotopic (exact) mass is 393 g/mol. The molecule has 0 aliphatic heterocycles. The van der Waals surface area contributed by atoms with E-state index in [-0.39, 0.29) is 18.1 Å². The maximum absolute atomic E-state index is 12.3. The number of benzene rings is 2. The quantitative estimate of drug-likeness (QED) is 0.363. The summed E-state index contributed by atoms with van der Waals surface area (Å²) >= 11 is 13.2. The van der Waals surface area contributed by atoms with E-state index in [1.165, 1.54) is 11.8 Å². The average Bonchev–Trinajstić information content (AvgIpc) is 3.04. The minimum atomic E-state index is -0.491. The van der Waals surface area contributed by atoms with E-state index < -0.39 is 5.97 Å². The number of aromatic amines is 1. The Morgan fingerprint density at radius 1 is 1.12 bits per heavy atom. The number of carbonyl (C=O) groups excluding carboxylic acids is 2. The number of ether oxygens (including phenoxy) is 1. The normalized spacial score (nSPS) is 10.8. The van der Waals surface area contributed by atoms with Crippen molar-refractivity contribution in [3.05, 3.63) is 64.3 Å². The zero-order chi connectivity index (χ0) is 17.8. The molecule has 0 amide bonds. The highest BCUT2D eigenvalue weighted by Crippen LogP contribution is 2.29. The van der Waals surface area contributed by atoms with Gasteiger partial charge in [-0.25, -0.2) is 0 Å². The van der Waals surface area contributed by atoms with Gasteiger partial charge in [-0.3, -0.25) is 9.59 Å². The van der Waals surface area contributed by atoms with Gasteiger partial charge in [0.25, 0.3) is 0 Å². The number of thioether (sulfide) groups is 1. The molecule has 0 bridgehead atoms. The maximum atomic E-state index is 12.3. The molecule has 25 heavy (non-hydrogen) atoms. The molecule has 0 atom stereocenters. The zero-order valence-electron chi connectivity index (χ0n) is 12.9. The Kier molecular flexibility index (Phi) is 5.68. The number of rotatable bonds is 6. The predicted molar refractivity (Wildman–Crippen MR) is 101 cm³/mol. The predicted octanol–water partition coefficient (Wildman–Crippen LogP) is 4.99. The zero-order valence-corrected chi connectivity index (χ0v) is 15.3. The van der Waals surface area contributed by atoms with Crippen molar-refractivity contribution in [2.75, 3.05) is 12.4 Å². The number of aromatic nitrogens is 1. The summed E-state index contributed by atoms with van der Waals surface area (Å²) in [7, 11) is 0. The van der Waals surface area contributed by atoms with E-state index in [1.54, 1.807) is 24.4 Å². The Morgan fingerprint density at radius 2 is 1.92 bits per heavy atom. The van der Waals surface area contributed by atoms with Gasteiger partial charge < -0.3 is 9.72 Å². The highest BCUT2D eigenvalue weighted by atomic mass is 35.5. The largest absolute Gasteiger partial charge is 0.457 e. The van der Waals surface area contributed by atoms with Crippen LogP contribution in [0.4, 0.5) is 0 Å². The smallest absolute Gasteiger partial charge is 0.316 e. The van der Waals surface area contributed by atoms with Crippen LogP contribution in [0, 0.1) is 0 Å². The number of H-pyrrole nitrogens is 1. The van der Waals surface area contributed by atoms with Gasteiger partial charge in [0.15, 0.2) is 6.61 Å². The number of esters is 1. The third-order valence-corrected chi connectivity index (χ3v) is 5.20. The topological polar surface area (TPSA) is 59.2 Å². The van der Waals surface area contributed by atoms with Gasteiger partial charge in [-0.2, -0.15) is 0 Å². The number of Topliss-reactive ketones (excluding diaryl/α,β-unsaturated/α-hetero) is 1. The lowest BCUT2D eigenvalue weighted by molar-refractivity contribution is -0.139. The lowest BCUT2D eigenvalue weighted by Crippen LogP contribution is -2.15. The molecule has 0 radical (unpaired) electrons. The van der Waals surface area contributed by atoms with Crippen LogP contribution in [0.15, 0.2) is 53.6 Å². The number of nitrogens with one attached hydrogen (secondary N) is 1. The molecule has 0 saturated carbocycles. The van der Waals surface area contributed by atoms with Crippen LogP contribution in [0.2, 0.25) is 10.0 Å². The van der Waals surface area contributed by atoms with Crippen LogP contribution < -0.4 is 0 Å². The Morgan fingerprint density at radius 3 is 2.76 bits per heavy atom. The van der Waals surface area contributed by atoms with Crippen LogP contribution in [-0.4, -0.2) is 29.1 Å². The van der Waals surface area contributed by atoms with Crippen molar-refractivity contribution in [3.8, 4) is 0 Å². The minimum Gasteiger partial charge on any atom is -0.457 e. The first-order valence-electron chi connectivity index (χ1n) is 7.37. The van der Waals surface area contributed by atoms with Crippen molar-refractivity contribution in [2.24, 2.45) is 0 Å². The molecule has 0 spiro atoms. The molecular formula is C18H13Cl2NO3S. The summed E-state index contributed by atoms with van der Waals surface area (Å²) in [5.41, 5.74) is 1.37. The Hall–Kier alpha value is -1.95. The Labute approximate surface area is 158 Å². The Bertz CT molecular complexity index is 939. The first kappa shape index (κ1) is 17.9. The molecule has 0 saturated heterocycles. The summed E-state index contributed by atoms with van der Waals surface area (Å²) in [6.07, 6.45) is 1.63. The van der Waals surface area contributed by atoms with E-state index in [9.17, 15) is 9.59 Å². The van der Waals surface area contributed by atoms with Gasteiger partial charge in [-0.1, -0.05) is 41.4 Å². The van der Waals surface area contributed by atoms with Crippen LogP contribution in [0.1, 0.15) is 10.4 Å². The van der Waals surface area contributed by atoms with Gasteiger partial charge in [0, 0.05) is 32.6 Å². The number of fused-ring (bicyclic) bond motifs is 1. The number of hydrogen-bond acceptors (Lipinski definition) is 4. The molecule has 3 aromatic rings. The molecule has 0 fully saturated rings. The van der Waals surface area contributed by atoms with Gasteiger partial charge in [-0.05, 0) is 24.3 Å². The molecule has 0 unspecified atom stereocenters. The lowest BCUT2D eigenvalue weighted by atomic mass is 10.1. The van der Waals surface area contributed by atoms with Crippen LogP contribution in [0.5, 0.6) is 0 Å². The summed E-state index contributed by atoms with van der Waals surface area (Å²) in [5.74, 6) is -0.702. The van der Waals surface area contributed by atoms with Crippen LogP contribution >= 0.6 is 35.0 Å². The molecule has 2 aromatic carbocycles. The van der Waals surface area contributed by atoms with E-state index in [1.807, 2.05) is 24.3 Å². The number of para-hydroxylation sites is 1. The van der Waals surface area contributed by atoms with Gasteiger partial charge in [-0.15, -0.1) is 11.8 Å². The molecule has 3 rings (SSSR count). The second-order valence-corrected chi connectivity index (χ2v) is 7.06. The highest BCUT2D eigenvalue weighted by Gasteiger charge is 2.14. The minimum absolute atomic E-state index is 0.0429. The highest BCUT2D eigenvalue weighted by molar-refractivity contribution is 8.00. The van der Waals surface area contributed by atoms with Crippen molar-refractivity contribution in [1.29, 1.82) is 0 Å². The second-order valence-electron chi connectivity index (χ2n) is 5.20. The summed E-state index contributed by atoms with van der Waals surface area (Å²) in [5, 5.41) is 1.86. The molecule has 1 N–H and O–H groups in total. The third-order valence-electron chi connectivity index (χ3n) is 3.49. The second kappa shape index (κ2) is 7.95. The van der Waals surface area contributed by atoms with E-state index in [4.69, 9.17) is 27.9 Å². The standard InChI is InChI=1S/C18H13Cl2NO3S/c19-11-5-6-14(20)17(7-11)25-10-18(23)24-9-16(22)13-8-21-15-4-2-1-3-12(13)15/h1-8,21H,9-10H2. The molecular weight excluding hydrogens is 381 g/mol. The van der Waals surface area contributed by atoms with Crippen molar-refractivity contribution < 1.29 is 14.3 Å². The lowest BCUT2D eigenvalue weighted by Gasteiger charge is -2.06. The molecule has 1 heterocycles. The summed E-state index contributed by atoms with van der Waals surface area (Å²) in [4.78, 5) is 27.8. The van der Waals surface area contributed by atoms with Gasteiger partial charge >= 0.3 is 5.97 Å². The number of carbonyl (C=O) groups is 2. The fourth-order valence-corrected chi connectivity index (χ4v) is 3.58. The fraction of sp³-hybridized carbons (Fsp3) is 0.111. The van der Waals surface area contributed by atoms with Crippen molar-refractivity contribution in [3.63, 3.8) is 0 Å². The van der Waals surface area contributed by atoms with Crippen LogP contribution in [0.25, 0.3) is 10.9 Å². The molecule has 0 aliphatic carbocycles.